The van der Waals surface area contributed by atoms with Gasteiger partial charge in [-0.1, -0.05) is 12.1 Å². The second-order valence-corrected chi connectivity index (χ2v) is 7.95. The molecule has 0 aliphatic carbocycles. The Morgan fingerprint density at radius 3 is 2.67 bits per heavy atom. The number of nitrogen functional groups attached to an aromatic ring is 1. The normalized spacial score (nSPS) is 13.2. The number of hydrogen-bond acceptors (Lipinski definition) is 7. The summed E-state index contributed by atoms with van der Waals surface area (Å²) in [6.45, 7) is 3.78. The Morgan fingerprint density at radius 2 is 1.85 bits per heavy atom. The lowest BCUT2D eigenvalue weighted by Crippen LogP contribution is -2.28. The summed E-state index contributed by atoms with van der Waals surface area (Å²) >= 11 is 0. The molecule has 0 atom stereocenters. The Kier molecular flexibility index (Phi) is 5.56. The quantitative estimate of drug-likeness (QED) is 0.512. The smallest absolute Gasteiger partial charge is 0.149 e. The van der Waals surface area contributed by atoms with Crippen LogP contribution in [-0.2, 0) is 13.0 Å². The minimum absolute atomic E-state index is 0.249. The van der Waals surface area contributed by atoms with Gasteiger partial charge in [-0.3, -0.25) is 4.98 Å². The number of hydrogen-bond donors (Lipinski definition) is 1. The van der Waals surface area contributed by atoms with Crippen LogP contribution in [0.25, 0.3) is 11.3 Å². The average molecular weight is 442 g/mol. The first kappa shape index (κ1) is 20.8. The van der Waals surface area contributed by atoms with E-state index in [1.807, 2.05) is 25.1 Å². The van der Waals surface area contributed by atoms with Crippen LogP contribution in [0.4, 0.5) is 16.0 Å². The molecule has 4 aromatic rings. The fourth-order valence-corrected chi connectivity index (χ4v) is 4.07. The molecular weight excluding hydrogens is 419 g/mol. The fourth-order valence-electron chi connectivity index (χ4n) is 4.07. The maximum absolute atomic E-state index is 13.4. The summed E-state index contributed by atoms with van der Waals surface area (Å²) < 4.78 is 19.4. The molecule has 0 radical (unpaired) electrons. The number of anilines is 2. The third kappa shape index (κ3) is 4.32. The van der Waals surface area contributed by atoms with E-state index in [9.17, 15) is 4.39 Å². The van der Waals surface area contributed by atoms with E-state index >= 15 is 0 Å². The lowest BCUT2D eigenvalue weighted by molar-refractivity contribution is 0.331. The van der Waals surface area contributed by atoms with Crippen molar-refractivity contribution in [3.63, 3.8) is 0 Å². The van der Waals surface area contributed by atoms with Crippen LogP contribution in [0.2, 0.25) is 0 Å². The molecule has 7 nitrogen and oxygen atoms in total. The zero-order valence-corrected chi connectivity index (χ0v) is 18.2. The van der Waals surface area contributed by atoms with Gasteiger partial charge in [-0.25, -0.2) is 19.3 Å². The number of halogens is 1. The Morgan fingerprint density at radius 1 is 1.03 bits per heavy atom. The number of rotatable bonds is 4. The number of fused-ring (bicyclic) bond motifs is 1. The fraction of sp³-hybridized carbons (Fsp3) is 0.200. The number of aromatic nitrogens is 4. The van der Waals surface area contributed by atoms with Crippen molar-refractivity contribution in [1.29, 1.82) is 0 Å². The molecule has 0 fully saturated rings. The van der Waals surface area contributed by atoms with Crippen LogP contribution >= 0.6 is 0 Å². The summed E-state index contributed by atoms with van der Waals surface area (Å²) in [5, 5.41) is 0. The third-order valence-corrected chi connectivity index (χ3v) is 5.77. The van der Waals surface area contributed by atoms with E-state index in [1.165, 1.54) is 12.1 Å². The molecule has 5 rings (SSSR count). The highest BCUT2D eigenvalue weighted by atomic mass is 19.1. The summed E-state index contributed by atoms with van der Waals surface area (Å²) in [5.41, 5.74) is 11.5. The molecule has 3 heterocycles. The SMILES string of the molecule is Cc1ncnc(N2CCOc3ccc(-c4nccnc4N)cc3C2)c1Cc1ccc(F)cc1. The van der Waals surface area contributed by atoms with E-state index in [0.717, 1.165) is 39.5 Å². The van der Waals surface area contributed by atoms with Gasteiger partial charge in [0.2, 0.25) is 0 Å². The van der Waals surface area contributed by atoms with Crippen molar-refractivity contribution in [2.45, 2.75) is 19.9 Å². The summed E-state index contributed by atoms with van der Waals surface area (Å²) in [6.07, 6.45) is 5.41. The van der Waals surface area contributed by atoms with E-state index in [2.05, 4.69) is 24.8 Å². The van der Waals surface area contributed by atoms with Gasteiger partial charge in [0.25, 0.3) is 0 Å². The zero-order chi connectivity index (χ0) is 22.8. The maximum Gasteiger partial charge on any atom is 0.149 e. The first-order chi connectivity index (χ1) is 16.1. The minimum atomic E-state index is -0.249. The van der Waals surface area contributed by atoms with Crippen molar-refractivity contribution in [3.05, 3.63) is 89.4 Å². The van der Waals surface area contributed by atoms with Crippen molar-refractivity contribution < 1.29 is 9.13 Å². The molecule has 0 spiro atoms. The summed E-state index contributed by atoms with van der Waals surface area (Å²) in [6, 6.07) is 12.5. The van der Waals surface area contributed by atoms with Crippen LogP contribution in [0, 0.1) is 12.7 Å². The van der Waals surface area contributed by atoms with Crippen molar-refractivity contribution in [2.75, 3.05) is 23.8 Å². The van der Waals surface area contributed by atoms with Crippen LogP contribution in [0.3, 0.4) is 0 Å². The molecule has 0 saturated carbocycles. The van der Waals surface area contributed by atoms with Gasteiger partial charge in [-0.05, 0) is 42.8 Å². The van der Waals surface area contributed by atoms with E-state index < -0.39 is 0 Å². The predicted molar refractivity (Wildman–Crippen MR) is 124 cm³/mol. The highest BCUT2D eigenvalue weighted by Gasteiger charge is 2.22. The van der Waals surface area contributed by atoms with Gasteiger partial charge in [0.15, 0.2) is 0 Å². The van der Waals surface area contributed by atoms with Crippen LogP contribution in [-0.4, -0.2) is 33.1 Å². The number of benzene rings is 2. The molecule has 166 valence electrons. The standard InChI is InChI=1S/C25H23FN6O/c1-16-21(12-17-2-5-20(26)6-3-17)25(31-15-30-16)32-10-11-33-22-7-4-18(13-19(22)14-32)23-24(27)29-9-8-28-23/h2-9,13,15H,10-12,14H2,1H3,(H2,27,29). The second-order valence-electron chi connectivity index (χ2n) is 7.95. The minimum Gasteiger partial charge on any atom is -0.491 e. The van der Waals surface area contributed by atoms with E-state index in [1.54, 1.807) is 30.9 Å². The monoisotopic (exact) mass is 442 g/mol. The molecule has 0 amide bonds. The predicted octanol–water partition coefficient (Wildman–Crippen LogP) is 3.95. The van der Waals surface area contributed by atoms with Gasteiger partial charge in [-0.15, -0.1) is 0 Å². The Labute approximate surface area is 191 Å². The molecule has 2 N–H and O–H groups in total. The van der Waals surface area contributed by atoms with Crippen LogP contribution in [0.15, 0.2) is 61.2 Å². The molecule has 0 unspecified atom stereocenters. The lowest BCUT2D eigenvalue weighted by atomic mass is 10.0. The van der Waals surface area contributed by atoms with Gasteiger partial charge in [0.1, 0.15) is 41.8 Å². The van der Waals surface area contributed by atoms with Crippen molar-refractivity contribution in [3.8, 4) is 17.0 Å². The molecule has 8 heteroatoms. The number of ether oxygens (including phenoxy) is 1. The van der Waals surface area contributed by atoms with E-state index in [4.69, 9.17) is 10.5 Å². The van der Waals surface area contributed by atoms with Crippen molar-refractivity contribution >= 4 is 11.6 Å². The number of nitrogens with two attached hydrogens (primary N) is 1. The van der Waals surface area contributed by atoms with E-state index in [0.29, 0.717) is 37.6 Å². The third-order valence-electron chi connectivity index (χ3n) is 5.77. The average Bonchev–Trinajstić information content (AvgIpc) is 3.04. The van der Waals surface area contributed by atoms with E-state index in [-0.39, 0.29) is 5.82 Å². The second kappa shape index (κ2) is 8.82. The first-order valence-electron chi connectivity index (χ1n) is 10.7. The summed E-state index contributed by atoms with van der Waals surface area (Å²) in [4.78, 5) is 19.8. The molecule has 1 aliphatic rings. The molecule has 0 saturated heterocycles. The van der Waals surface area contributed by atoms with Gasteiger partial charge in [-0.2, -0.15) is 0 Å². The van der Waals surface area contributed by atoms with Crippen LogP contribution < -0.4 is 15.4 Å². The zero-order valence-electron chi connectivity index (χ0n) is 18.2. The number of nitrogens with zero attached hydrogens (tertiary/aromatic N) is 5. The molecular formula is C25H23FN6O. The van der Waals surface area contributed by atoms with Crippen LogP contribution in [0.1, 0.15) is 22.4 Å². The number of aryl methyl sites for hydroxylation is 1. The maximum atomic E-state index is 13.4. The van der Waals surface area contributed by atoms with Gasteiger partial charge >= 0.3 is 0 Å². The molecule has 2 aromatic heterocycles. The molecule has 33 heavy (non-hydrogen) atoms. The van der Waals surface area contributed by atoms with Gasteiger partial charge < -0.3 is 15.4 Å². The molecule has 0 bridgehead atoms. The van der Waals surface area contributed by atoms with Gasteiger partial charge in [0.05, 0.1) is 6.54 Å². The largest absolute Gasteiger partial charge is 0.491 e. The molecule has 1 aliphatic heterocycles. The highest BCUT2D eigenvalue weighted by molar-refractivity contribution is 5.71. The lowest BCUT2D eigenvalue weighted by Gasteiger charge is -2.24. The topological polar surface area (TPSA) is 90.0 Å². The highest BCUT2D eigenvalue weighted by Crippen LogP contribution is 2.32. The van der Waals surface area contributed by atoms with Gasteiger partial charge in [0, 0.05) is 47.7 Å². The van der Waals surface area contributed by atoms with Crippen LogP contribution in [0.5, 0.6) is 5.75 Å². The van der Waals surface area contributed by atoms with Crippen molar-refractivity contribution in [2.24, 2.45) is 0 Å². The Hall–Kier alpha value is -4.07. The summed E-state index contributed by atoms with van der Waals surface area (Å²) in [5.74, 6) is 1.82. The Balaban J connectivity index is 1.49. The van der Waals surface area contributed by atoms with Crippen molar-refractivity contribution in [1.82, 2.24) is 19.9 Å². The summed E-state index contributed by atoms with van der Waals surface area (Å²) in [7, 11) is 0. The first-order valence-corrected chi connectivity index (χ1v) is 10.7. The molecule has 2 aromatic carbocycles. The Bertz CT molecular complexity index is 1290.